The van der Waals surface area contributed by atoms with Crippen molar-refractivity contribution in [2.24, 2.45) is 0 Å². The van der Waals surface area contributed by atoms with Gasteiger partial charge in [-0.05, 0) is 31.5 Å². The number of ether oxygens (including phenoxy) is 2. The predicted octanol–water partition coefficient (Wildman–Crippen LogP) is 2.66. The quantitative estimate of drug-likeness (QED) is 0.927. The first-order chi connectivity index (χ1) is 9.01. The number of methoxy groups -OCH3 is 1. The summed E-state index contributed by atoms with van der Waals surface area (Å²) in [6, 6.07) is 3.98. The molecular formula is C14H20ClNO3. The SMILES string of the molecule is COc1cc(CN2CC(C)OCC2C)cc(Cl)c1O. The van der Waals surface area contributed by atoms with Gasteiger partial charge >= 0.3 is 0 Å². The fourth-order valence-electron chi connectivity index (χ4n) is 2.30. The lowest BCUT2D eigenvalue weighted by atomic mass is 10.1. The van der Waals surface area contributed by atoms with E-state index in [9.17, 15) is 5.11 Å². The van der Waals surface area contributed by atoms with Crippen LogP contribution in [-0.2, 0) is 11.3 Å². The van der Waals surface area contributed by atoms with E-state index in [0.29, 0.717) is 16.8 Å². The number of rotatable bonds is 3. The van der Waals surface area contributed by atoms with E-state index >= 15 is 0 Å². The molecule has 1 fully saturated rings. The van der Waals surface area contributed by atoms with E-state index in [1.54, 1.807) is 6.07 Å². The van der Waals surface area contributed by atoms with Crippen molar-refractivity contribution < 1.29 is 14.6 Å². The van der Waals surface area contributed by atoms with E-state index in [2.05, 4.69) is 18.7 Å². The number of aromatic hydroxyl groups is 1. The molecule has 0 bridgehead atoms. The van der Waals surface area contributed by atoms with Crippen LogP contribution in [0.5, 0.6) is 11.5 Å². The third-order valence-electron chi connectivity index (χ3n) is 3.43. The lowest BCUT2D eigenvalue weighted by Crippen LogP contribution is -2.46. The minimum absolute atomic E-state index is 0.00342. The Balaban J connectivity index is 2.16. The molecule has 2 unspecified atom stereocenters. The fraction of sp³-hybridized carbons (Fsp3) is 0.571. The largest absolute Gasteiger partial charge is 0.503 e. The molecule has 0 radical (unpaired) electrons. The number of phenols is 1. The van der Waals surface area contributed by atoms with Crippen LogP contribution in [0.25, 0.3) is 0 Å². The van der Waals surface area contributed by atoms with E-state index in [1.807, 2.05) is 6.07 Å². The molecule has 1 aliphatic rings. The van der Waals surface area contributed by atoms with E-state index in [-0.39, 0.29) is 11.9 Å². The van der Waals surface area contributed by atoms with Gasteiger partial charge in [-0.15, -0.1) is 0 Å². The fourth-order valence-corrected chi connectivity index (χ4v) is 2.53. The molecule has 5 heteroatoms. The van der Waals surface area contributed by atoms with Crippen molar-refractivity contribution in [2.45, 2.75) is 32.5 Å². The highest BCUT2D eigenvalue weighted by atomic mass is 35.5. The molecule has 2 rings (SSSR count). The molecule has 1 N–H and O–H groups in total. The van der Waals surface area contributed by atoms with Crippen LogP contribution in [-0.4, -0.2) is 42.4 Å². The topological polar surface area (TPSA) is 41.9 Å². The summed E-state index contributed by atoms with van der Waals surface area (Å²) in [6.07, 6.45) is 0.241. The molecule has 0 aliphatic carbocycles. The number of morpholine rings is 1. The van der Waals surface area contributed by atoms with Gasteiger partial charge in [0.2, 0.25) is 0 Å². The summed E-state index contributed by atoms with van der Waals surface area (Å²) in [6.45, 7) is 6.62. The van der Waals surface area contributed by atoms with Gasteiger partial charge in [0.15, 0.2) is 11.5 Å². The van der Waals surface area contributed by atoms with Gasteiger partial charge in [-0.3, -0.25) is 4.90 Å². The van der Waals surface area contributed by atoms with Crippen LogP contribution in [0.4, 0.5) is 0 Å². The Morgan fingerprint density at radius 2 is 2.21 bits per heavy atom. The second-order valence-corrected chi connectivity index (χ2v) is 5.46. The number of halogens is 1. The zero-order valence-electron chi connectivity index (χ0n) is 11.5. The molecule has 19 heavy (non-hydrogen) atoms. The Kier molecular flexibility index (Phi) is 4.55. The normalized spacial score (nSPS) is 24.4. The third kappa shape index (κ3) is 3.32. The van der Waals surface area contributed by atoms with Crippen LogP contribution >= 0.6 is 11.6 Å². The number of benzene rings is 1. The summed E-state index contributed by atoms with van der Waals surface area (Å²) in [5.41, 5.74) is 1.03. The maximum Gasteiger partial charge on any atom is 0.176 e. The van der Waals surface area contributed by atoms with Gasteiger partial charge in [0, 0.05) is 19.1 Å². The van der Waals surface area contributed by atoms with Gasteiger partial charge in [0.25, 0.3) is 0 Å². The summed E-state index contributed by atoms with van der Waals surface area (Å²) in [5, 5.41) is 10.1. The zero-order valence-corrected chi connectivity index (χ0v) is 12.3. The highest BCUT2D eigenvalue weighted by Crippen LogP contribution is 2.35. The molecule has 2 atom stereocenters. The summed E-state index contributed by atoms with van der Waals surface area (Å²) >= 11 is 6.01. The number of phenolic OH excluding ortho intramolecular Hbond substituents is 1. The molecule has 0 spiro atoms. The standard InChI is InChI=1S/C14H20ClNO3/c1-9-8-19-10(2)6-16(9)7-11-4-12(15)14(17)13(5-11)18-3/h4-5,9-10,17H,6-8H2,1-3H3. The molecule has 0 amide bonds. The average molecular weight is 286 g/mol. The van der Waals surface area contributed by atoms with Gasteiger partial charge < -0.3 is 14.6 Å². The van der Waals surface area contributed by atoms with Crippen molar-refractivity contribution in [1.82, 2.24) is 4.90 Å². The first-order valence-electron chi connectivity index (χ1n) is 6.42. The Morgan fingerprint density at radius 3 is 2.89 bits per heavy atom. The first-order valence-corrected chi connectivity index (χ1v) is 6.80. The molecule has 1 aliphatic heterocycles. The first kappa shape index (κ1) is 14.4. The van der Waals surface area contributed by atoms with Crippen molar-refractivity contribution in [2.75, 3.05) is 20.3 Å². The molecule has 1 heterocycles. The maximum atomic E-state index is 9.73. The maximum absolute atomic E-state index is 9.73. The second kappa shape index (κ2) is 5.99. The van der Waals surface area contributed by atoms with Crippen LogP contribution in [0.1, 0.15) is 19.4 Å². The molecule has 1 aromatic carbocycles. The lowest BCUT2D eigenvalue weighted by Gasteiger charge is -2.36. The Hall–Kier alpha value is -0.970. The summed E-state index contributed by atoms with van der Waals surface area (Å²) in [5.74, 6) is 0.410. The van der Waals surface area contributed by atoms with Crippen molar-refractivity contribution in [3.63, 3.8) is 0 Å². The summed E-state index contributed by atoms with van der Waals surface area (Å²) in [7, 11) is 1.52. The highest BCUT2D eigenvalue weighted by molar-refractivity contribution is 6.32. The third-order valence-corrected chi connectivity index (χ3v) is 3.72. The smallest absolute Gasteiger partial charge is 0.176 e. The van der Waals surface area contributed by atoms with Crippen LogP contribution in [0.3, 0.4) is 0 Å². The van der Waals surface area contributed by atoms with Gasteiger partial charge in [0.05, 0.1) is 24.8 Å². The molecular weight excluding hydrogens is 266 g/mol. The predicted molar refractivity (Wildman–Crippen MR) is 75.0 cm³/mol. The minimum atomic E-state index is -0.00342. The summed E-state index contributed by atoms with van der Waals surface area (Å²) < 4.78 is 10.7. The van der Waals surface area contributed by atoms with E-state index in [0.717, 1.165) is 25.3 Å². The molecule has 0 saturated carbocycles. The molecule has 0 aromatic heterocycles. The van der Waals surface area contributed by atoms with Crippen molar-refractivity contribution in [3.8, 4) is 11.5 Å². The van der Waals surface area contributed by atoms with Gasteiger partial charge in [-0.25, -0.2) is 0 Å². The van der Waals surface area contributed by atoms with Gasteiger partial charge in [-0.2, -0.15) is 0 Å². The van der Waals surface area contributed by atoms with Crippen LogP contribution in [0, 0.1) is 0 Å². The number of hydrogen-bond acceptors (Lipinski definition) is 4. The monoisotopic (exact) mass is 285 g/mol. The van der Waals surface area contributed by atoms with E-state index < -0.39 is 0 Å². The number of nitrogens with zero attached hydrogens (tertiary/aromatic N) is 1. The summed E-state index contributed by atoms with van der Waals surface area (Å²) in [4.78, 5) is 2.34. The second-order valence-electron chi connectivity index (χ2n) is 5.05. The van der Waals surface area contributed by atoms with Crippen LogP contribution in [0.2, 0.25) is 5.02 Å². The molecule has 1 aromatic rings. The average Bonchev–Trinajstić information content (AvgIpc) is 2.38. The van der Waals surface area contributed by atoms with Crippen LogP contribution in [0.15, 0.2) is 12.1 Å². The Morgan fingerprint density at radius 1 is 1.47 bits per heavy atom. The highest BCUT2D eigenvalue weighted by Gasteiger charge is 2.23. The van der Waals surface area contributed by atoms with Crippen LogP contribution < -0.4 is 4.74 Å². The lowest BCUT2D eigenvalue weighted by molar-refractivity contribution is -0.0526. The van der Waals surface area contributed by atoms with Gasteiger partial charge in [0.1, 0.15) is 0 Å². The van der Waals surface area contributed by atoms with Gasteiger partial charge in [-0.1, -0.05) is 11.6 Å². The molecule has 4 nitrogen and oxygen atoms in total. The van der Waals surface area contributed by atoms with Crippen molar-refractivity contribution >= 4 is 11.6 Å². The number of hydrogen-bond donors (Lipinski definition) is 1. The zero-order chi connectivity index (χ0) is 14.0. The Bertz CT molecular complexity index is 453. The molecule has 106 valence electrons. The van der Waals surface area contributed by atoms with Crippen molar-refractivity contribution in [3.05, 3.63) is 22.7 Å². The minimum Gasteiger partial charge on any atom is -0.503 e. The Labute approximate surface area is 118 Å². The van der Waals surface area contributed by atoms with E-state index in [1.165, 1.54) is 7.11 Å². The molecule has 1 saturated heterocycles. The van der Waals surface area contributed by atoms with E-state index in [4.69, 9.17) is 21.1 Å². The van der Waals surface area contributed by atoms with Crippen molar-refractivity contribution in [1.29, 1.82) is 0 Å².